The number of carbonyl (C=O) groups excluding carboxylic acids is 3. The van der Waals surface area contributed by atoms with Crippen molar-refractivity contribution in [2.24, 2.45) is 0 Å². The van der Waals surface area contributed by atoms with Crippen LogP contribution in [0, 0.1) is 0 Å². The van der Waals surface area contributed by atoms with E-state index in [0.29, 0.717) is 5.56 Å². The zero-order valence-corrected chi connectivity index (χ0v) is 15.3. The molecule has 0 radical (unpaired) electrons. The van der Waals surface area contributed by atoms with Crippen LogP contribution in [-0.2, 0) is 14.3 Å². The van der Waals surface area contributed by atoms with E-state index in [0.717, 1.165) is 4.90 Å². The van der Waals surface area contributed by atoms with Crippen molar-refractivity contribution in [3.05, 3.63) is 48.0 Å². The van der Waals surface area contributed by atoms with Crippen LogP contribution in [-0.4, -0.2) is 41.6 Å². The number of esters is 1. The second kappa shape index (κ2) is 9.01. The zero-order chi connectivity index (χ0) is 19.0. The summed E-state index contributed by atoms with van der Waals surface area (Å²) in [7, 11) is 1.26. The Hall–Kier alpha value is -2.63. The topological polar surface area (TPSA) is 72.9 Å². The van der Waals surface area contributed by atoms with Crippen molar-refractivity contribution >= 4 is 18.0 Å². The Morgan fingerprint density at radius 1 is 1.16 bits per heavy atom. The van der Waals surface area contributed by atoms with Crippen LogP contribution in [0.1, 0.15) is 44.5 Å². The van der Waals surface area contributed by atoms with Gasteiger partial charge in [0.1, 0.15) is 5.60 Å². The van der Waals surface area contributed by atoms with E-state index in [2.05, 4.69) is 4.74 Å². The van der Waals surface area contributed by atoms with Gasteiger partial charge >= 0.3 is 12.1 Å². The van der Waals surface area contributed by atoms with Gasteiger partial charge in [-0.15, -0.1) is 0 Å². The molecule has 0 fully saturated rings. The number of carbonyl (C=O) groups is 3. The van der Waals surface area contributed by atoms with Gasteiger partial charge in [-0.2, -0.15) is 0 Å². The highest BCUT2D eigenvalue weighted by Gasteiger charge is 2.34. The molecule has 0 N–H and O–H groups in total. The first-order valence-electron chi connectivity index (χ1n) is 8.00. The third-order valence-corrected chi connectivity index (χ3v) is 3.18. The minimum absolute atomic E-state index is 0.154. The van der Waals surface area contributed by atoms with Crippen LogP contribution in [0.4, 0.5) is 4.79 Å². The first kappa shape index (κ1) is 20.4. The summed E-state index contributed by atoms with van der Waals surface area (Å²) in [6, 6.07) is 7.57. The van der Waals surface area contributed by atoms with E-state index >= 15 is 0 Å². The van der Waals surface area contributed by atoms with Crippen LogP contribution >= 0.6 is 0 Å². The number of imide groups is 1. The number of ether oxygens (including phenoxy) is 2. The third-order valence-electron chi connectivity index (χ3n) is 3.18. The predicted molar refractivity (Wildman–Crippen MR) is 94.1 cm³/mol. The molecule has 0 heterocycles. The van der Waals surface area contributed by atoms with Gasteiger partial charge < -0.3 is 9.47 Å². The van der Waals surface area contributed by atoms with Gasteiger partial charge in [0, 0.05) is 5.56 Å². The number of allylic oxidation sites excluding steroid dienone is 1. The third kappa shape index (κ3) is 6.41. The quantitative estimate of drug-likeness (QED) is 0.601. The maximum atomic E-state index is 12.9. The molecule has 6 heteroatoms. The van der Waals surface area contributed by atoms with Gasteiger partial charge in [0.2, 0.25) is 0 Å². The Morgan fingerprint density at radius 2 is 1.76 bits per heavy atom. The molecule has 1 atom stereocenters. The molecule has 6 nitrogen and oxygen atoms in total. The number of hydrogen-bond acceptors (Lipinski definition) is 5. The minimum Gasteiger partial charge on any atom is -0.469 e. The van der Waals surface area contributed by atoms with Crippen LogP contribution in [0.3, 0.4) is 0 Å². The maximum Gasteiger partial charge on any atom is 0.417 e. The number of methoxy groups -OCH3 is 1. The van der Waals surface area contributed by atoms with Crippen LogP contribution in [0.15, 0.2) is 42.5 Å². The summed E-state index contributed by atoms with van der Waals surface area (Å²) < 4.78 is 10.0. The highest BCUT2D eigenvalue weighted by molar-refractivity contribution is 6.03. The van der Waals surface area contributed by atoms with Crippen molar-refractivity contribution in [1.82, 2.24) is 4.90 Å². The number of nitrogens with zero attached hydrogens (tertiary/aromatic N) is 1. The van der Waals surface area contributed by atoms with Crippen molar-refractivity contribution in [2.45, 2.75) is 45.8 Å². The molecule has 1 rings (SSSR count). The van der Waals surface area contributed by atoms with Crippen molar-refractivity contribution < 1.29 is 23.9 Å². The lowest BCUT2D eigenvalue weighted by molar-refractivity contribution is -0.141. The number of benzene rings is 1. The van der Waals surface area contributed by atoms with Gasteiger partial charge in [-0.3, -0.25) is 9.59 Å². The Morgan fingerprint density at radius 3 is 2.24 bits per heavy atom. The lowest BCUT2D eigenvalue weighted by Gasteiger charge is -2.30. The molecular weight excluding hydrogens is 322 g/mol. The molecule has 0 unspecified atom stereocenters. The van der Waals surface area contributed by atoms with Gasteiger partial charge in [0.05, 0.1) is 19.6 Å². The van der Waals surface area contributed by atoms with Crippen molar-refractivity contribution in [3.63, 3.8) is 0 Å². The molecule has 2 amide bonds. The Balaban J connectivity index is 3.26. The summed E-state index contributed by atoms with van der Waals surface area (Å²) >= 11 is 0. The van der Waals surface area contributed by atoms with Crippen LogP contribution in [0.5, 0.6) is 0 Å². The fraction of sp³-hybridized carbons (Fsp3) is 0.421. The van der Waals surface area contributed by atoms with E-state index in [1.165, 1.54) is 7.11 Å². The monoisotopic (exact) mass is 347 g/mol. The number of amides is 2. The maximum absolute atomic E-state index is 12.9. The molecule has 0 aliphatic carbocycles. The lowest BCUT2D eigenvalue weighted by Crippen LogP contribution is -2.47. The smallest absolute Gasteiger partial charge is 0.417 e. The molecule has 0 aromatic heterocycles. The van der Waals surface area contributed by atoms with Gasteiger partial charge in [-0.25, -0.2) is 9.69 Å². The summed E-state index contributed by atoms with van der Waals surface area (Å²) in [5.41, 5.74) is -0.453. The lowest BCUT2D eigenvalue weighted by atomic mass is 10.1. The minimum atomic E-state index is -0.812. The second-order valence-electron chi connectivity index (χ2n) is 6.39. The highest BCUT2D eigenvalue weighted by Crippen LogP contribution is 2.18. The normalized spacial score (nSPS) is 12.5. The first-order valence-corrected chi connectivity index (χ1v) is 8.00. The Labute approximate surface area is 148 Å². The average molecular weight is 347 g/mol. The van der Waals surface area contributed by atoms with E-state index in [4.69, 9.17) is 4.74 Å². The van der Waals surface area contributed by atoms with E-state index in [9.17, 15) is 14.4 Å². The highest BCUT2D eigenvalue weighted by atomic mass is 16.6. The molecule has 1 aromatic rings. The molecule has 0 bridgehead atoms. The summed E-state index contributed by atoms with van der Waals surface area (Å²) in [6.45, 7) is 6.87. The standard InChI is InChI=1S/C19H25NO5/c1-6-10-15(13-16(21)24-5)20(18(23)25-19(2,3)4)17(22)14-11-8-7-9-12-14/h6-12,15H,13H2,1-5H3/b10-6+/t15-/m0/s1. The summed E-state index contributed by atoms with van der Waals surface area (Å²) in [5, 5.41) is 0. The van der Waals surface area contributed by atoms with Crippen LogP contribution < -0.4 is 0 Å². The molecule has 0 spiro atoms. The van der Waals surface area contributed by atoms with Gasteiger partial charge in [0.25, 0.3) is 5.91 Å². The van der Waals surface area contributed by atoms with Gasteiger partial charge in [-0.1, -0.05) is 30.4 Å². The summed E-state index contributed by atoms with van der Waals surface area (Å²) in [6.07, 6.45) is 2.30. The van der Waals surface area contributed by atoms with E-state index < -0.39 is 29.6 Å². The molecule has 136 valence electrons. The van der Waals surface area contributed by atoms with Gasteiger partial charge in [-0.05, 0) is 39.8 Å². The second-order valence-corrected chi connectivity index (χ2v) is 6.39. The Bertz CT molecular complexity index is 631. The van der Waals surface area contributed by atoms with Crippen LogP contribution in [0.25, 0.3) is 0 Å². The summed E-state index contributed by atoms with van der Waals surface area (Å²) in [5.74, 6) is -1.07. The molecule has 0 aliphatic rings. The molecule has 0 saturated carbocycles. The van der Waals surface area contributed by atoms with E-state index in [1.807, 2.05) is 0 Å². The average Bonchev–Trinajstić information content (AvgIpc) is 2.54. The molecule has 0 aliphatic heterocycles. The Kier molecular flexibility index (Phi) is 7.36. The largest absolute Gasteiger partial charge is 0.469 e. The first-order chi connectivity index (χ1) is 11.7. The van der Waals surface area contributed by atoms with Crippen molar-refractivity contribution in [3.8, 4) is 0 Å². The van der Waals surface area contributed by atoms with Crippen molar-refractivity contribution in [1.29, 1.82) is 0 Å². The predicted octanol–water partition coefficient (Wildman–Crippen LogP) is 3.57. The van der Waals surface area contributed by atoms with Crippen molar-refractivity contribution in [2.75, 3.05) is 7.11 Å². The number of hydrogen-bond donors (Lipinski definition) is 0. The van der Waals surface area contributed by atoms with E-state index in [1.54, 1.807) is 70.2 Å². The zero-order valence-electron chi connectivity index (χ0n) is 15.3. The van der Waals surface area contributed by atoms with E-state index in [-0.39, 0.29) is 6.42 Å². The molecule has 25 heavy (non-hydrogen) atoms. The molecular formula is C19H25NO5. The molecule has 1 aromatic carbocycles. The summed E-state index contributed by atoms with van der Waals surface area (Å²) in [4.78, 5) is 38.2. The SMILES string of the molecule is C/C=C/[C@@H](CC(=O)OC)N(C(=O)OC(C)(C)C)C(=O)c1ccccc1. The fourth-order valence-electron chi connectivity index (χ4n) is 2.12. The fourth-order valence-corrected chi connectivity index (χ4v) is 2.12. The molecule has 0 saturated heterocycles. The van der Waals surface area contributed by atoms with Gasteiger partial charge in [0.15, 0.2) is 0 Å². The number of rotatable bonds is 5. The van der Waals surface area contributed by atoms with Crippen LogP contribution in [0.2, 0.25) is 0 Å².